The number of benzene rings is 2. The number of ether oxygens (including phenoxy) is 1. The Hall–Kier alpha value is -2.38. The molecule has 0 saturated heterocycles. The Morgan fingerprint density at radius 2 is 1.64 bits per heavy atom. The van der Waals surface area contributed by atoms with E-state index in [1.165, 1.54) is 0 Å². The van der Waals surface area contributed by atoms with E-state index < -0.39 is 15.7 Å². The molecule has 0 aliphatic heterocycles. The molecule has 0 saturated carbocycles. The summed E-state index contributed by atoms with van der Waals surface area (Å²) in [5, 5.41) is 3.38. The molecule has 0 heterocycles. The minimum atomic E-state index is -3.59. The van der Waals surface area contributed by atoms with Crippen molar-refractivity contribution < 1.29 is 22.1 Å². The Bertz CT molecular complexity index is 871. The second-order valence-electron chi connectivity index (χ2n) is 7.57. The zero-order valence-corrected chi connectivity index (χ0v) is 17.5. The molecule has 2 rings (SSSR count). The number of esters is 1. The Labute approximate surface area is 167 Å². The first-order valence-corrected chi connectivity index (χ1v) is 10.8. The SMILES string of the molecule is CC(C)(C)OC(=O)CC(NCc1ccccc1)c1ccc(OS(C)(=O)=O)cc1. The summed E-state index contributed by atoms with van der Waals surface area (Å²) < 4.78 is 32.8. The van der Waals surface area contributed by atoms with Crippen molar-refractivity contribution in [3.8, 4) is 5.75 Å². The Kier molecular flexibility index (Phi) is 7.21. The van der Waals surface area contributed by atoms with Gasteiger partial charge in [0, 0.05) is 12.6 Å². The van der Waals surface area contributed by atoms with E-state index in [1.807, 2.05) is 51.1 Å². The minimum Gasteiger partial charge on any atom is -0.460 e. The van der Waals surface area contributed by atoms with Crippen molar-refractivity contribution in [1.29, 1.82) is 0 Å². The van der Waals surface area contributed by atoms with E-state index in [4.69, 9.17) is 8.92 Å². The average Bonchev–Trinajstić information content (AvgIpc) is 2.57. The van der Waals surface area contributed by atoms with Crippen LogP contribution in [0.2, 0.25) is 0 Å². The molecule has 1 unspecified atom stereocenters. The van der Waals surface area contributed by atoms with Crippen LogP contribution >= 0.6 is 0 Å². The second kappa shape index (κ2) is 9.21. The third-order valence-corrected chi connectivity index (χ3v) is 4.21. The Morgan fingerprint density at radius 3 is 2.18 bits per heavy atom. The lowest BCUT2D eigenvalue weighted by atomic mass is 10.0. The van der Waals surface area contributed by atoms with Crippen LogP contribution in [0.3, 0.4) is 0 Å². The topological polar surface area (TPSA) is 81.7 Å². The molecule has 0 radical (unpaired) electrons. The van der Waals surface area contributed by atoms with Gasteiger partial charge in [-0.15, -0.1) is 0 Å². The van der Waals surface area contributed by atoms with Crippen LogP contribution in [0, 0.1) is 0 Å². The van der Waals surface area contributed by atoms with Gasteiger partial charge >= 0.3 is 16.1 Å². The fourth-order valence-electron chi connectivity index (χ4n) is 2.63. The molecule has 0 spiro atoms. The maximum absolute atomic E-state index is 12.3. The Balaban J connectivity index is 2.15. The van der Waals surface area contributed by atoms with E-state index in [-0.39, 0.29) is 24.2 Å². The Morgan fingerprint density at radius 1 is 1.04 bits per heavy atom. The molecule has 1 atom stereocenters. The first kappa shape index (κ1) is 21.9. The van der Waals surface area contributed by atoms with Crippen LogP contribution < -0.4 is 9.50 Å². The number of rotatable bonds is 8. The number of carbonyl (C=O) groups excluding carboxylic acids is 1. The fourth-order valence-corrected chi connectivity index (χ4v) is 3.09. The number of hydrogen-bond donors (Lipinski definition) is 1. The lowest BCUT2D eigenvalue weighted by Crippen LogP contribution is -2.29. The highest BCUT2D eigenvalue weighted by molar-refractivity contribution is 7.86. The molecular weight excluding hydrogens is 378 g/mol. The first-order valence-electron chi connectivity index (χ1n) is 9.00. The van der Waals surface area contributed by atoms with Crippen LogP contribution in [0.1, 0.15) is 44.4 Å². The summed E-state index contributed by atoms with van der Waals surface area (Å²) in [6.07, 6.45) is 1.14. The zero-order chi connectivity index (χ0) is 20.8. The standard InChI is InChI=1S/C21H27NO5S/c1-21(2,3)26-20(23)14-19(22-15-16-8-6-5-7-9-16)17-10-12-18(13-11-17)27-28(4,24)25/h5-13,19,22H,14-15H2,1-4H3. The highest BCUT2D eigenvalue weighted by atomic mass is 32.2. The van der Waals surface area contributed by atoms with Gasteiger partial charge in [-0.05, 0) is 44.0 Å². The fraction of sp³-hybridized carbons (Fsp3) is 0.381. The van der Waals surface area contributed by atoms with Gasteiger partial charge in [0.05, 0.1) is 12.7 Å². The lowest BCUT2D eigenvalue weighted by molar-refractivity contribution is -0.155. The summed E-state index contributed by atoms with van der Waals surface area (Å²) in [5.74, 6) is -0.0835. The van der Waals surface area contributed by atoms with Crippen molar-refractivity contribution in [3.63, 3.8) is 0 Å². The number of nitrogens with one attached hydrogen (secondary N) is 1. The summed E-state index contributed by atoms with van der Waals surface area (Å²) in [6, 6.07) is 16.2. The van der Waals surface area contributed by atoms with Gasteiger partial charge in [-0.1, -0.05) is 42.5 Å². The molecule has 0 amide bonds. The van der Waals surface area contributed by atoms with Gasteiger partial charge in [-0.2, -0.15) is 8.42 Å². The van der Waals surface area contributed by atoms with Gasteiger partial charge in [0.15, 0.2) is 0 Å². The monoisotopic (exact) mass is 405 g/mol. The smallest absolute Gasteiger partial charge is 0.308 e. The molecule has 2 aromatic rings. The zero-order valence-electron chi connectivity index (χ0n) is 16.6. The van der Waals surface area contributed by atoms with Crippen LogP contribution in [0.25, 0.3) is 0 Å². The van der Waals surface area contributed by atoms with Gasteiger partial charge < -0.3 is 14.2 Å². The van der Waals surface area contributed by atoms with Gasteiger partial charge in [0.25, 0.3) is 0 Å². The number of carbonyl (C=O) groups is 1. The van der Waals surface area contributed by atoms with E-state index in [0.717, 1.165) is 17.4 Å². The van der Waals surface area contributed by atoms with Crippen molar-refractivity contribution in [3.05, 3.63) is 65.7 Å². The summed E-state index contributed by atoms with van der Waals surface area (Å²) in [6.45, 7) is 6.06. The van der Waals surface area contributed by atoms with Crippen LogP contribution in [-0.2, 0) is 26.2 Å². The molecule has 7 heteroatoms. The summed E-state index contributed by atoms with van der Waals surface area (Å²) >= 11 is 0. The van der Waals surface area contributed by atoms with Crippen LogP contribution in [0.15, 0.2) is 54.6 Å². The molecular formula is C21H27NO5S. The molecule has 0 aromatic heterocycles. The largest absolute Gasteiger partial charge is 0.460 e. The van der Waals surface area contributed by atoms with Crippen LogP contribution in [0.4, 0.5) is 0 Å². The van der Waals surface area contributed by atoms with E-state index >= 15 is 0 Å². The molecule has 6 nitrogen and oxygen atoms in total. The summed E-state index contributed by atoms with van der Waals surface area (Å²) in [7, 11) is -3.59. The molecule has 0 aliphatic rings. The molecule has 0 fully saturated rings. The molecule has 152 valence electrons. The first-order chi connectivity index (χ1) is 13.0. The minimum absolute atomic E-state index is 0.149. The summed E-state index contributed by atoms with van der Waals surface area (Å²) in [5.41, 5.74) is 1.37. The van der Waals surface area contributed by atoms with Gasteiger partial charge in [0.1, 0.15) is 11.4 Å². The van der Waals surface area contributed by atoms with Gasteiger partial charge in [-0.3, -0.25) is 4.79 Å². The lowest BCUT2D eigenvalue weighted by Gasteiger charge is -2.23. The average molecular weight is 406 g/mol. The van der Waals surface area contributed by atoms with E-state index in [1.54, 1.807) is 24.3 Å². The quantitative estimate of drug-likeness (QED) is 0.534. The van der Waals surface area contributed by atoms with Crippen molar-refractivity contribution in [2.45, 2.75) is 45.4 Å². The van der Waals surface area contributed by atoms with Crippen molar-refractivity contribution in [2.75, 3.05) is 6.26 Å². The van der Waals surface area contributed by atoms with Crippen LogP contribution in [-0.4, -0.2) is 26.2 Å². The van der Waals surface area contributed by atoms with Crippen LogP contribution in [0.5, 0.6) is 5.75 Å². The molecule has 28 heavy (non-hydrogen) atoms. The molecule has 1 N–H and O–H groups in total. The third kappa shape index (κ3) is 8.10. The normalized spacial score (nSPS) is 13.0. The summed E-state index contributed by atoms with van der Waals surface area (Å²) in [4.78, 5) is 12.3. The predicted molar refractivity (Wildman–Crippen MR) is 108 cm³/mol. The van der Waals surface area contributed by atoms with Crippen molar-refractivity contribution in [2.24, 2.45) is 0 Å². The maximum Gasteiger partial charge on any atom is 0.308 e. The highest BCUT2D eigenvalue weighted by Crippen LogP contribution is 2.23. The van der Waals surface area contributed by atoms with E-state index in [9.17, 15) is 13.2 Å². The molecule has 0 bridgehead atoms. The number of hydrogen-bond acceptors (Lipinski definition) is 6. The van der Waals surface area contributed by atoms with Crippen molar-refractivity contribution >= 4 is 16.1 Å². The van der Waals surface area contributed by atoms with Gasteiger partial charge in [-0.25, -0.2) is 0 Å². The predicted octanol–water partition coefficient (Wildman–Crippen LogP) is 3.59. The maximum atomic E-state index is 12.3. The third-order valence-electron chi connectivity index (χ3n) is 3.72. The second-order valence-corrected chi connectivity index (χ2v) is 9.14. The highest BCUT2D eigenvalue weighted by Gasteiger charge is 2.21. The van der Waals surface area contributed by atoms with Gasteiger partial charge in [0.2, 0.25) is 0 Å². The van der Waals surface area contributed by atoms with E-state index in [0.29, 0.717) is 6.54 Å². The molecule has 0 aliphatic carbocycles. The molecule has 2 aromatic carbocycles. The van der Waals surface area contributed by atoms with Crippen molar-refractivity contribution in [1.82, 2.24) is 5.32 Å². The van der Waals surface area contributed by atoms with E-state index in [2.05, 4.69) is 5.32 Å².